The fourth-order valence-electron chi connectivity index (χ4n) is 1.38. The molecule has 0 aliphatic rings. The summed E-state index contributed by atoms with van der Waals surface area (Å²) in [6.45, 7) is 4.12. The number of halogens is 1. The van der Waals surface area contributed by atoms with Crippen LogP contribution in [0.15, 0.2) is 6.33 Å². The first-order valence-electron chi connectivity index (χ1n) is 5.10. The maximum Gasteiger partial charge on any atom is 0.183 e. The summed E-state index contributed by atoms with van der Waals surface area (Å²) in [6.07, 6.45) is 2.28. The quantitative estimate of drug-likeness (QED) is 0.583. The lowest BCUT2D eigenvalue weighted by atomic mass is 10.4. The zero-order valence-corrected chi connectivity index (χ0v) is 9.68. The zero-order valence-electron chi connectivity index (χ0n) is 8.93. The van der Waals surface area contributed by atoms with Crippen molar-refractivity contribution >= 4 is 22.8 Å². The molecule has 0 spiro atoms. The highest BCUT2D eigenvalue weighted by Gasteiger charge is 2.09. The first-order chi connectivity index (χ1) is 7.83. The van der Waals surface area contributed by atoms with Gasteiger partial charge < -0.3 is 4.74 Å². The molecule has 0 atom stereocenters. The summed E-state index contributed by atoms with van der Waals surface area (Å²) < 4.78 is 6.96. The standard InChI is InChI=1S/C9H12ClN5O/c1-2-16-5-3-4-15-9-7(13-14-15)8(10)11-6-12-9/h6H,2-5H2,1H3. The van der Waals surface area contributed by atoms with Crippen molar-refractivity contribution in [2.75, 3.05) is 13.2 Å². The van der Waals surface area contributed by atoms with Gasteiger partial charge >= 0.3 is 0 Å². The van der Waals surface area contributed by atoms with Crippen molar-refractivity contribution in [1.29, 1.82) is 0 Å². The molecule has 2 heterocycles. The molecule has 2 aromatic rings. The molecule has 0 saturated carbocycles. The van der Waals surface area contributed by atoms with E-state index in [0.717, 1.165) is 13.0 Å². The van der Waals surface area contributed by atoms with E-state index >= 15 is 0 Å². The summed E-state index contributed by atoms with van der Waals surface area (Å²) in [5.41, 5.74) is 1.21. The van der Waals surface area contributed by atoms with Gasteiger partial charge in [0.2, 0.25) is 0 Å². The molecule has 0 amide bonds. The number of aryl methyl sites for hydroxylation is 1. The Balaban J connectivity index is 2.10. The number of ether oxygens (including phenoxy) is 1. The van der Waals surface area contributed by atoms with Crippen LogP contribution in [0.25, 0.3) is 11.2 Å². The van der Waals surface area contributed by atoms with Crippen molar-refractivity contribution in [2.45, 2.75) is 19.9 Å². The number of rotatable bonds is 5. The molecule has 6 nitrogen and oxygen atoms in total. The van der Waals surface area contributed by atoms with Crippen molar-refractivity contribution in [2.24, 2.45) is 0 Å². The van der Waals surface area contributed by atoms with E-state index in [1.165, 1.54) is 6.33 Å². The summed E-state index contributed by atoms with van der Waals surface area (Å²) in [4.78, 5) is 7.95. The topological polar surface area (TPSA) is 65.7 Å². The lowest BCUT2D eigenvalue weighted by Gasteiger charge is -2.01. The molecule has 0 aliphatic heterocycles. The predicted molar refractivity (Wildman–Crippen MR) is 59.2 cm³/mol. The Labute approximate surface area is 97.6 Å². The van der Waals surface area contributed by atoms with Crippen molar-refractivity contribution < 1.29 is 4.74 Å². The van der Waals surface area contributed by atoms with E-state index in [-0.39, 0.29) is 0 Å². The first kappa shape index (κ1) is 11.2. The zero-order chi connectivity index (χ0) is 11.4. The minimum absolute atomic E-state index is 0.334. The van der Waals surface area contributed by atoms with E-state index in [1.807, 2.05) is 6.92 Å². The highest BCUT2D eigenvalue weighted by molar-refractivity contribution is 6.33. The highest BCUT2D eigenvalue weighted by atomic mass is 35.5. The number of aromatic nitrogens is 5. The van der Waals surface area contributed by atoms with Gasteiger partial charge in [0, 0.05) is 19.8 Å². The Morgan fingerprint density at radius 2 is 2.31 bits per heavy atom. The summed E-state index contributed by atoms with van der Waals surface area (Å²) in [6, 6.07) is 0. The number of nitrogens with zero attached hydrogens (tertiary/aromatic N) is 5. The van der Waals surface area contributed by atoms with Crippen LogP contribution in [0.1, 0.15) is 13.3 Å². The van der Waals surface area contributed by atoms with Gasteiger partial charge in [-0.1, -0.05) is 16.8 Å². The lowest BCUT2D eigenvalue weighted by molar-refractivity contribution is 0.141. The van der Waals surface area contributed by atoms with Crippen molar-refractivity contribution in [1.82, 2.24) is 25.0 Å². The third kappa shape index (κ3) is 2.28. The smallest absolute Gasteiger partial charge is 0.183 e. The van der Waals surface area contributed by atoms with Crippen LogP contribution in [-0.4, -0.2) is 38.2 Å². The second kappa shape index (κ2) is 5.18. The van der Waals surface area contributed by atoms with Gasteiger partial charge in [-0.15, -0.1) is 5.10 Å². The molecule has 0 unspecified atom stereocenters. The third-order valence-corrected chi connectivity index (χ3v) is 2.39. The molecule has 0 saturated heterocycles. The molecule has 2 aromatic heterocycles. The van der Waals surface area contributed by atoms with E-state index in [9.17, 15) is 0 Å². The normalized spacial score (nSPS) is 11.1. The van der Waals surface area contributed by atoms with E-state index in [2.05, 4.69) is 20.3 Å². The van der Waals surface area contributed by atoms with Gasteiger partial charge in [-0.3, -0.25) is 0 Å². The SMILES string of the molecule is CCOCCCn1nnc2c(Cl)ncnc21. The minimum Gasteiger partial charge on any atom is -0.382 e. The fourth-order valence-corrected chi connectivity index (χ4v) is 1.54. The molecule has 0 aromatic carbocycles. The van der Waals surface area contributed by atoms with Crippen LogP contribution in [0.3, 0.4) is 0 Å². The third-order valence-electron chi connectivity index (χ3n) is 2.12. The van der Waals surface area contributed by atoms with Crippen molar-refractivity contribution in [3.63, 3.8) is 0 Å². The molecule has 0 bridgehead atoms. The summed E-state index contributed by atoms with van der Waals surface area (Å²) in [7, 11) is 0. The molecule has 16 heavy (non-hydrogen) atoms. The van der Waals surface area contributed by atoms with Crippen LogP contribution in [0, 0.1) is 0 Å². The number of fused-ring (bicyclic) bond motifs is 1. The van der Waals surface area contributed by atoms with E-state index < -0.39 is 0 Å². The largest absolute Gasteiger partial charge is 0.382 e. The van der Waals surface area contributed by atoms with Gasteiger partial charge in [0.25, 0.3) is 0 Å². The van der Waals surface area contributed by atoms with E-state index in [1.54, 1.807) is 4.68 Å². The van der Waals surface area contributed by atoms with E-state index in [0.29, 0.717) is 29.5 Å². The highest BCUT2D eigenvalue weighted by Crippen LogP contribution is 2.15. The fraction of sp³-hybridized carbons (Fsp3) is 0.556. The molecule has 2 rings (SSSR count). The second-order valence-electron chi connectivity index (χ2n) is 3.20. The molecule has 0 fully saturated rings. The first-order valence-corrected chi connectivity index (χ1v) is 5.48. The average Bonchev–Trinajstić information content (AvgIpc) is 2.70. The van der Waals surface area contributed by atoms with Gasteiger partial charge in [-0.05, 0) is 13.3 Å². The molecular weight excluding hydrogens is 230 g/mol. The monoisotopic (exact) mass is 241 g/mol. The van der Waals surface area contributed by atoms with Gasteiger partial charge in [-0.2, -0.15) is 0 Å². The summed E-state index contributed by atoms with van der Waals surface area (Å²) in [5.74, 6) is 0. The van der Waals surface area contributed by atoms with E-state index in [4.69, 9.17) is 16.3 Å². The number of hydrogen-bond donors (Lipinski definition) is 0. The van der Waals surface area contributed by atoms with Crippen LogP contribution < -0.4 is 0 Å². The Kier molecular flexibility index (Phi) is 3.63. The Morgan fingerprint density at radius 3 is 3.12 bits per heavy atom. The predicted octanol–water partition coefficient (Wildman–Crippen LogP) is 1.30. The lowest BCUT2D eigenvalue weighted by Crippen LogP contribution is -2.05. The molecule has 0 radical (unpaired) electrons. The number of hydrogen-bond acceptors (Lipinski definition) is 5. The second-order valence-corrected chi connectivity index (χ2v) is 3.56. The van der Waals surface area contributed by atoms with Gasteiger partial charge in [0.15, 0.2) is 16.3 Å². The molecule has 0 aliphatic carbocycles. The molecule has 0 N–H and O–H groups in total. The van der Waals surface area contributed by atoms with Crippen molar-refractivity contribution in [3.8, 4) is 0 Å². The summed E-state index contributed by atoms with van der Waals surface area (Å²) >= 11 is 5.86. The van der Waals surface area contributed by atoms with Gasteiger partial charge in [0.05, 0.1) is 0 Å². The maximum absolute atomic E-state index is 5.86. The van der Waals surface area contributed by atoms with Crippen LogP contribution in [0.4, 0.5) is 0 Å². The summed E-state index contributed by atoms with van der Waals surface area (Å²) in [5, 5.41) is 8.24. The molecule has 7 heteroatoms. The van der Waals surface area contributed by atoms with Crippen LogP contribution in [-0.2, 0) is 11.3 Å². The van der Waals surface area contributed by atoms with Crippen LogP contribution in [0.2, 0.25) is 5.15 Å². The Bertz CT molecular complexity index is 472. The maximum atomic E-state index is 5.86. The Hall–Kier alpha value is -1.27. The Morgan fingerprint density at radius 1 is 1.44 bits per heavy atom. The van der Waals surface area contributed by atoms with Gasteiger partial charge in [0.1, 0.15) is 6.33 Å². The average molecular weight is 242 g/mol. The van der Waals surface area contributed by atoms with Gasteiger partial charge in [-0.25, -0.2) is 14.6 Å². The minimum atomic E-state index is 0.334. The van der Waals surface area contributed by atoms with Crippen LogP contribution in [0.5, 0.6) is 0 Å². The van der Waals surface area contributed by atoms with Crippen LogP contribution >= 0.6 is 11.6 Å². The molecule has 86 valence electrons. The van der Waals surface area contributed by atoms with Crippen molar-refractivity contribution in [3.05, 3.63) is 11.5 Å². The molecular formula is C9H12ClN5O.